The van der Waals surface area contributed by atoms with E-state index in [0.717, 1.165) is 56.0 Å². The van der Waals surface area contributed by atoms with Crippen molar-refractivity contribution in [2.24, 2.45) is 0 Å². The number of hydrogen-bond acceptors (Lipinski definition) is 1. The highest BCUT2D eigenvalue weighted by Gasteiger charge is 2.45. The molecule has 2 heterocycles. The lowest BCUT2D eigenvalue weighted by Gasteiger charge is -2.38. The lowest BCUT2D eigenvalue weighted by molar-refractivity contribution is -0.138. The Balaban J connectivity index is 1.44. The zero-order valence-electron chi connectivity index (χ0n) is 16.8. The zero-order valence-corrected chi connectivity index (χ0v) is 16.8. The molecule has 5 rings (SSSR count). The molecule has 1 saturated carbocycles. The van der Waals surface area contributed by atoms with E-state index in [2.05, 4.69) is 22.7 Å². The van der Waals surface area contributed by atoms with Crippen LogP contribution in [0, 0.1) is 11.9 Å². The number of fused-ring (bicyclic) bond motifs is 3. The molecule has 0 spiro atoms. The van der Waals surface area contributed by atoms with E-state index in [0.29, 0.717) is 0 Å². The van der Waals surface area contributed by atoms with Crippen LogP contribution in [0.25, 0.3) is 5.52 Å². The number of carbonyl (C=O) groups is 1. The summed E-state index contributed by atoms with van der Waals surface area (Å²) in [7, 11) is 1.96. The monoisotopic (exact) mass is 389 g/mol. The predicted molar refractivity (Wildman–Crippen MR) is 111 cm³/mol. The summed E-state index contributed by atoms with van der Waals surface area (Å²) in [5, 5.41) is 0. The van der Waals surface area contributed by atoms with E-state index in [1.54, 1.807) is 12.1 Å². The molecule has 2 aromatic heterocycles. The summed E-state index contributed by atoms with van der Waals surface area (Å²) < 4.78 is 15.7. The van der Waals surface area contributed by atoms with Gasteiger partial charge in [0, 0.05) is 37.5 Å². The van der Waals surface area contributed by atoms with E-state index in [9.17, 15) is 9.18 Å². The maximum absolute atomic E-state index is 13.8. The van der Waals surface area contributed by atoms with E-state index in [4.69, 9.17) is 0 Å². The normalized spacial score (nSPS) is 20.6. The molecule has 149 valence electrons. The number of halogens is 1. The molecule has 0 N–H and O–H groups in total. The molecule has 1 radical (unpaired) electrons. The average Bonchev–Trinajstić information content (AvgIpc) is 3.38. The second kappa shape index (κ2) is 7.01. The first kappa shape index (κ1) is 18.4. The molecule has 0 unspecified atom stereocenters. The number of nitrogens with zero attached hydrogens (tertiary/aromatic N) is 2. The molecule has 29 heavy (non-hydrogen) atoms. The second-order valence-electron chi connectivity index (χ2n) is 8.61. The maximum atomic E-state index is 13.8. The predicted octanol–water partition coefficient (Wildman–Crippen LogP) is 4.71. The van der Waals surface area contributed by atoms with E-state index in [1.165, 1.54) is 23.4 Å². The molecule has 3 nitrogen and oxygen atoms in total. The first-order valence-corrected chi connectivity index (χ1v) is 10.6. The lowest BCUT2D eigenvalue weighted by Crippen LogP contribution is -2.49. The molecule has 0 bridgehead atoms. The standard InChI is InChI=1S/C25H26FN2O/c1-27(21-12-7-18-16-22-6-2-5-15-28(22)23(18)17-21)24(29)25(13-3-4-14-25)19-8-10-20(26)11-9-19/h2,5-6,8-11,15,21H,3-4,7,12-14,17H2,1H3/t21-/m1/s1. The van der Waals surface area contributed by atoms with Crippen molar-refractivity contribution in [2.75, 3.05) is 7.05 Å². The Bertz CT molecular complexity index is 1050. The summed E-state index contributed by atoms with van der Waals surface area (Å²) in [4.78, 5) is 15.8. The van der Waals surface area contributed by atoms with Crippen LogP contribution in [-0.2, 0) is 23.1 Å². The van der Waals surface area contributed by atoms with Gasteiger partial charge in [0.15, 0.2) is 0 Å². The Hall–Kier alpha value is -2.62. The van der Waals surface area contributed by atoms with Crippen molar-refractivity contribution in [3.05, 3.63) is 77.4 Å². The van der Waals surface area contributed by atoms with Gasteiger partial charge in [-0.05, 0) is 61.1 Å². The highest BCUT2D eigenvalue weighted by atomic mass is 19.1. The van der Waals surface area contributed by atoms with Crippen LogP contribution in [0.4, 0.5) is 4.39 Å². The smallest absolute Gasteiger partial charge is 0.233 e. The number of pyridine rings is 1. The van der Waals surface area contributed by atoms with Crippen molar-refractivity contribution >= 4 is 11.4 Å². The highest BCUT2D eigenvalue weighted by molar-refractivity contribution is 5.88. The van der Waals surface area contributed by atoms with Crippen molar-refractivity contribution in [3.63, 3.8) is 0 Å². The van der Waals surface area contributed by atoms with Gasteiger partial charge in [0.2, 0.25) is 5.91 Å². The summed E-state index contributed by atoms with van der Waals surface area (Å²) in [5.41, 5.74) is 4.12. The summed E-state index contributed by atoms with van der Waals surface area (Å²) in [6, 6.07) is 16.5. The molecule has 0 saturated heterocycles. The van der Waals surface area contributed by atoms with Gasteiger partial charge in [0.25, 0.3) is 0 Å². The van der Waals surface area contributed by atoms with Crippen LogP contribution in [0.15, 0.2) is 48.7 Å². The van der Waals surface area contributed by atoms with Crippen LogP contribution in [0.1, 0.15) is 48.9 Å². The van der Waals surface area contributed by atoms with Gasteiger partial charge >= 0.3 is 0 Å². The summed E-state index contributed by atoms with van der Waals surface area (Å²) >= 11 is 0. The number of rotatable bonds is 3. The zero-order chi connectivity index (χ0) is 20.0. The maximum Gasteiger partial charge on any atom is 0.233 e. The number of likely N-dealkylation sites (N-methyl/N-ethyl adjacent to an activating group) is 1. The lowest BCUT2D eigenvalue weighted by atomic mass is 9.77. The van der Waals surface area contributed by atoms with Gasteiger partial charge in [-0.1, -0.05) is 31.0 Å². The van der Waals surface area contributed by atoms with E-state index >= 15 is 0 Å². The summed E-state index contributed by atoms with van der Waals surface area (Å²) in [6.07, 6.45) is 8.64. The van der Waals surface area contributed by atoms with Crippen LogP contribution in [0.5, 0.6) is 0 Å². The average molecular weight is 389 g/mol. The number of aryl methyl sites for hydroxylation is 1. The van der Waals surface area contributed by atoms with Gasteiger partial charge in [-0.15, -0.1) is 0 Å². The molecule has 2 aliphatic carbocycles. The highest BCUT2D eigenvalue weighted by Crippen LogP contribution is 2.43. The molecule has 1 fully saturated rings. The third-order valence-corrected chi connectivity index (χ3v) is 7.07. The van der Waals surface area contributed by atoms with Crippen molar-refractivity contribution in [3.8, 4) is 0 Å². The van der Waals surface area contributed by atoms with Crippen LogP contribution in [0.2, 0.25) is 0 Å². The van der Waals surface area contributed by atoms with Crippen LogP contribution in [0.3, 0.4) is 0 Å². The molecule has 4 heteroatoms. The van der Waals surface area contributed by atoms with E-state index in [1.807, 2.05) is 24.1 Å². The fourth-order valence-corrected chi connectivity index (χ4v) is 5.42. The molecule has 1 amide bonds. The number of aromatic nitrogens is 1. The quantitative estimate of drug-likeness (QED) is 0.637. The minimum absolute atomic E-state index is 0.180. The van der Waals surface area contributed by atoms with Gasteiger partial charge in [-0.2, -0.15) is 0 Å². The minimum Gasteiger partial charge on any atom is -0.342 e. The number of hydrogen-bond donors (Lipinski definition) is 0. The van der Waals surface area contributed by atoms with E-state index in [-0.39, 0.29) is 17.8 Å². The molecule has 0 aliphatic heterocycles. The molecule has 1 atom stereocenters. The Labute approximate surface area is 171 Å². The molecule has 3 aromatic rings. The first-order valence-electron chi connectivity index (χ1n) is 10.6. The molecular weight excluding hydrogens is 363 g/mol. The third kappa shape index (κ3) is 2.97. The van der Waals surface area contributed by atoms with E-state index < -0.39 is 5.41 Å². The Kier molecular flexibility index (Phi) is 4.45. The minimum atomic E-state index is -0.504. The molecule has 1 aromatic carbocycles. The number of benzene rings is 1. The Morgan fingerprint density at radius 3 is 2.69 bits per heavy atom. The fourth-order valence-electron chi connectivity index (χ4n) is 5.42. The molecule has 2 aliphatic rings. The first-order chi connectivity index (χ1) is 14.1. The number of carbonyl (C=O) groups excluding carboxylic acids is 1. The third-order valence-electron chi connectivity index (χ3n) is 7.07. The summed E-state index contributed by atoms with van der Waals surface area (Å²) in [5.74, 6) is -0.0567. The Morgan fingerprint density at radius 2 is 1.93 bits per heavy atom. The Morgan fingerprint density at radius 1 is 1.17 bits per heavy atom. The number of amides is 1. The largest absolute Gasteiger partial charge is 0.342 e. The van der Waals surface area contributed by atoms with Crippen molar-refractivity contribution in [2.45, 2.75) is 56.4 Å². The second-order valence-corrected chi connectivity index (χ2v) is 8.61. The van der Waals surface area contributed by atoms with Crippen molar-refractivity contribution in [1.29, 1.82) is 0 Å². The van der Waals surface area contributed by atoms with Crippen molar-refractivity contribution in [1.82, 2.24) is 9.30 Å². The SMILES string of the molecule is CN(C(=O)C1(c2ccc(F)cc2)CCCC1)[C@@H]1CCc2[c]c3ccccn3c2C1. The van der Waals surface area contributed by atoms with Gasteiger partial charge in [0.05, 0.1) is 10.9 Å². The van der Waals surface area contributed by atoms with Crippen LogP contribution in [-0.4, -0.2) is 28.3 Å². The fraction of sp³-hybridized carbons (Fsp3) is 0.400. The van der Waals surface area contributed by atoms with Crippen LogP contribution < -0.4 is 0 Å². The van der Waals surface area contributed by atoms with Gasteiger partial charge in [-0.25, -0.2) is 4.39 Å². The topological polar surface area (TPSA) is 24.7 Å². The summed E-state index contributed by atoms with van der Waals surface area (Å²) in [6.45, 7) is 0. The van der Waals surface area contributed by atoms with Crippen LogP contribution >= 0.6 is 0 Å². The van der Waals surface area contributed by atoms with Crippen molar-refractivity contribution < 1.29 is 9.18 Å². The van der Waals surface area contributed by atoms with Gasteiger partial charge < -0.3 is 9.30 Å². The molecular formula is C25H26FN2O. The van der Waals surface area contributed by atoms with Gasteiger partial charge in [-0.3, -0.25) is 4.79 Å². The van der Waals surface area contributed by atoms with Gasteiger partial charge in [0.1, 0.15) is 5.82 Å².